The Balaban J connectivity index is 2.26. The van der Waals surface area contributed by atoms with Gasteiger partial charge in [0.25, 0.3) is 0 Å². The quantitative estimate of drug-likeness (QED) is 0.298. The molecule has 0 aliphatic heterocycles. The first-order chi connectivity index (χ1) is 13.5. The minimum Gasteiger partial charge on any atom is -0.495 e. The minimum atomic E-state index is 0.334. The average Bonchev–Trinajstić information content (AvgIpc) is 3.10. The second kappa shape index (κ2) is 11.3. The molecule has 0 N–H and O–H groups in total. The molecule has 1 heterocycles. The van der Waals surface area contributed by atoms with Crippen molar-refractivity contribution < 1.29 is 9.57 Å². The van der Waals surface area contributed by atoms with E-state index in [-0.39, 0.29) is 0 Å². The van der Waals surface area contributed by atoms with E-state index in [0.717, 1.165) is 32.5 Å². The molecule has 0 saturated heterocycles. The Kier molecular flexibility index (Phi) is 9.09. The summed E-state index contributed by atoms with van der Waals surface area (Å²) in [6.45, 7) is 7.75. The van der Waals surface area contributed by atoms with Gasteiger partial charge in [-0.2, -0.15) is 0 Å². The number of imidazole rings is 1. The van der Waals surface area contributed by atoms with Crippen LogP contribution in [0.2, 0.25) is 10.0 Å². The molecule has 0 spiro atoms. The highest BCUT2D eigenvalue weighted by Crippen LogP contribution is 2.35. The number of aryl methyl sites for hydroxylation is 1. The number of benzene rings is 1. The maximum Gasteiger partial charge on any atom is 0.162 e. The summed E-state index contributed by atoms with van der Waals surface area (Å²) >= 11 is 12.8. The number of halogens is 2. The van der Waals surface area contributed by atoms with Crippen molar-refractivity contribution in [3.63, 3.8) is 0 Å². The Morgan fingerprint density at radius 3 is 2.43 bits per heavy atom. The minimum absolute atomic E-state index is 0.334. The highest BCUT2D eigenvalue weighted by molar-refractivity contribution is 6.45. The number of methoxy groups -OCH3 is 1. The predicted molar refractivity (Wildman–Crippen MR) is 115 cm³/mol. The molecule has 28 heavy (non-hydrogen) atoms. The average molecular weight is 427 g/mol. The summed E-state index contributed by atoms with van der Waals surface area (Å²) in [5, 5.41) is 5.06. The maximum absolute atomic E-state index is 6.49. The molecule has 0 fully saturated rings. The summed E-state index contributed by atoms with van der Waals surface area (Å²) in [5.41, 5.74) is 1.17. The zero-order chi connectivity index (χ0) is 20.5. The Labute approximate surface area is 177 Å². The molecule has 0 atom stereocenters. The van der Waals surface area contributed by atoms with Crippen molar-refractivity contribution in [1.82, 2.24) is 14.5 Å². The topological polar surface area (TPSA) is 51.9 Å². The highest BCUT2D eigenvalue weighted by atomic mass is 35.5. The molecule has 8 heteroatoms. The molecule has 0 amide bonds. The van der Waals surface area contributed by atoms with Crippen LogP contribution in [0.15, 0.2) is 29.7 Å². The molecule has 0 aliphatic carbocycles. The van der Waals surface area contributed by atoms with Crippen molar-refractivity contribution in [2.45, 2.75) is 26.7 Å². The van der Waals surface area contributed by atoms with Gasteiger partial charge in [-0.1, -0.05) is 42.2 Å². The molecule has 0 aliphatic rings. The number of hydrogen-bond acceptors (Lipinski definition) is 5. The molecule has 6 nitrogen and oxygen atoms in total. The summed E-state index contributed by atoms with van der Waals surface area (Å²) in [7, 11) is 3.44. The number of oxime groups is 1. The van der Waals surface area contributed by atoms with E-state index in [1.54, 1.807) is 19.4 Å². The molecule has 0 bridgehead atoms. The predicted octanol–water partition coefficient (Wildman–Crippen LogP) is 4.63. The van der Waals surface area contributed by atoms with Gasteiger partial charge in [-0.25, -0.2) is 4.98 Å². The van der Waals surface area contributed by atoms with Crippen LogP contribution in [0.4, 0.5) is 0 Å². The van der Waals surface area contributed by atoms with Crippen LogP contribution in [0, 0.1) is 0 Å². The van der Waals surface area contributed by atoms with E-state index in [4.69, 9.17) is 32.8 Å². The number of aromatic nitrogens is 2. The van der Waals surface area contributed by atoms with E-state index in [2.05, 4.69) is 28.9 Å². The Hall–Kier alpha value is -1.76. The summed E-state index contributed by atoms with van der Waals surface area (Å²) in [5.74, 6) is 1.15. The second-order valence-corrected chi connectivity index (χ2v) is 7.18. The van der Waals surface area contributed by atoms with E-state index < -0.39 is 0 Å². The van der Waals surface area contributed by atoms with Crippen LogP contribution in [0.25, 0.3) is 0 Å². The Morgan fingerprint density at radius 2 is 1.86 bits per heavy atom. The van der Waals surface area contributed by atoms with Gasteiger partial charge in [0.15, 0.2) is 11.5 Å². The largest absolute Gasteiger partial charge is 0.495 e. The lowest BCUT2D eigenvalue weighted by Crippen LogP contribution is -2.29. The number of nitrogens with zero attached hydrogens (tertiary/aromatic N) is 4. The van der Waals surface area contributed by atoms with Gasteiger partial charge in [-0.15, -0.1) is 0 Å². The molecule has 1 aromatic carbocycles. The number of hydrogen-bond donors (Lipinski definition) is 0. The van der Waals surface area contributed by atoms with Crippen molar-refractivity contribution in [3.05, 3.63) is 46.0 Å². The number of rotatable bonds is 11. The van der Waals surface area contributed by atoms with Crippen LogP contribution in [0.3, 0.4) is 0 Å². The second-order valence-electron chi connectivity index (χ2n) is 6.42. The van der Waals surface area contributed by atoms with Crippen molar-refractivity contribution >= 4 is 28.9 Å². The van der Waals surface area contributed by atoms with Crippen molar-refractivity contribution in [3.8, 4) is 5.75 Å². The zero-order valence-electron chi connectivity index (χ0n) is 16.9. The first-order valence-corrected chi connectivity index (χ1v) is 10.2. The normalized spacial score (nSPS) is 11.9. The molecule has 2 aromatic rings. The molecule has 154 valence electrons. The van der Waals surface area contributed by atoms with Gasteiger partial charge < -0.3 is 14.1 Å². The third-order valence-corrected chi connectivity index (χ3v) is 5.15. The van der Waals surface area contributed by atoms with Crippen molar-refractivity contribution in [1.29, 1.82) is 0 Å². The fraction of sp³-hybridized carbons (Fsp3) is 0.500. The standard InChI is InChI=1S/C20H28Cl2N4O2/c1-5-10-26(11-6-2)13-14-28-24-19(20-23-9-12-25(20)3)15-7-8-16(27-4)18(22)17(15)21/h7-9,12H,5-6,10-11,13-14H2,1-4H3/b24-19+. The Morgan fingerprint density at radius 1 is 1.14 bits per heavy atom. The van der Waals surface area contributed by atoms with Gasteiger partial charge in [0.05, 0.1) is 12.1 Å². The van der Waals surface area contributed by atoms with Crippen LogP contribution >= 0.6 is 23.2 Å². The van der Waals surface area contributed by atoms with Crippen LogP contribution < -0.4 is 4.74 Å². The lowest BCUT2D eigenvalue weighted by Gasteiger charge is -2.20. The molecular formula is C20H28Cl2N4O2. The van der Waals surface area contributed by atoms with Gasteiger partial charge in [-0.3, -0.25) is 4.90 Å². The van der Waals surface area contributed by atoms with Crippen LogP contribution in [0.5, 0.6) is 5.75 Å². The molecular weight excluding hydrogens is 399 g/mol. The summed E-state index contributed by atoms with van der Waals surface area (Å²) < 4.78 is 7.09. The number of ether oxygens (including phenoxy) is 1. The third-order valence-electron chi connectivity index (χ3n) is 4.29. The lowest BCUT2D eigenvalue weighted by atomic mass is 10.1. The SMILES string of the molecule is CCCN(CCC)CCO/N=C(\c1ccc(OC)c(Cl)c1Cl)c1nccn1C. The molecule has 2 rings (SSSR count). The van der Waals surface area contributed by atoms with Crippen LogP contribution in [-0.2, 0) is 11.9 Å². The van der Waals surface area contributed by atoms with Crippen molar-refractivity contribution in [2.24, 2.45) is 12.2 Å². The fourth-order valence-electron chi connectivity index (χ4n) is 2.92. The first-order valence-electron chi connectivity index (χ1n) is 9.45. The van der Waals surface area contributed by atoms with Gasteiger partial charge in [0.1, 0.15) is 17.4 Å². The molecule has 0 saturated carbocycles. The maximum atomic E-state index is 6.49. The van der Waals surface area contributed by atoms with Gasteiger partial charge in [0.2, 0.25) is 0 Å². The third kappa shape index (κ3) is 5.63. The van der Waals surface area contributed by atoms with E-state index in [1.165, 1.54) is 0 Å². The molecule has 0 unspecified atom stereocenters. The first kappa shape index (κ1) is 22.5. The van der Waals surface area contributed by atoms with Gasteiger partial charge >= 0.3 is 0 Å². The lowest BCUT2D eigenvalue weighted by molar-refractivity contribution is 0.110. The Bertz CT molecular complexity index is 787. The van der Waals surface area contributed by atoms with E-state index in [1.807, 2.05) is 23.9 Å². The van der Waals surface area contributed by atoms with Crippen LogP contribution in [0.1, 0.15) is 38.1 Å². The summed E-state index contributed by atoms with van der Waals surface area (Å²) in [6.07, 6.45) is 5.77. The highest BCUT2D eigenvalue weighted by Gasteiger charge is 2.20. The van der Waals surface area contributed by atoms with E-state index in [9.17, 15) is 0 Å². The molecule has 0 radical (unpaired) electrons. The van der Waals surface area contributed by atoms with Crippen LogP contribution in [-0.4, -0.2) is 53.5 Å². The summed E-state index contributed by atoms with van der Waals surface area (Å²) in [6, 6.07) is 3.57. The fourth-order valence-corrected chi connectivity index (χ4v) is 3.41. The summed E-state index contributed by atoms with van der Waals surface area (Å²) in [4.78, 5) is 12.4. The monoisotopic (exact) mass is 426 g/mol. The van der Waals surface area contributed by atoms with E-state index in [0.29, 0.717) is 39.5 Å². The van der Waals surface area contributed by atoms with Gasteiger partial charge in [-0.05, 0) is 38.1 Å². The van der Waals surface area contributed by atoms with Crippen molar-refractivity contribution in [2.75, 3.05) is 33.4 Å². The molecule has 1 aromatic heterocycles. The zero-order valence-corrected chi connectivity index (χ0v) is 18.4. The van der Waals surface area contributed by atoms with Gasteiger partial charge in [0, 0.05) is 31.5 Å². The smallest absolute Gasteiger partial charge is 0.162 e. The van der Waals surface area contributed by atoms with E-state index >= 15 is 0 Å².